The van der Waals surface area contributed by atoms with Crippen LogP contribution in [0.2, 0.25) is 0 Å². The lowest BCUT2D eigenvalue weighted by Gasteiger charge is -2.48. The third-order valence-electron chi connectivity index (χ3n) is 14.0. The van der Waals surface area contributed by atoms with Crippen molar-refractivity contribution in [3.05, 3.63) is 194 Å². The summed E-state index contributed by atoms with van der Waals surface area (Å²) in [6, 6.07) is 68.4. The van der Waals surface area contributed by atoms with Crippen LogP contribution in [-0.2, 0) is 0 Å². The largest absolute Gasteiger partial charge is 0.457 e. The number of fused-ring (bicyclic) bond motifs is 6. The van der Waals surface area contributed by atoms with Gasteiger partial charge in [-0.2, -0.15) is 0 Å². The Balaban J connectivity index is 0.982. The number of anilines is 3. The average Bonchev–Trinajstić information content (AvgIpc) is 3.64. The zero-order chi connectivity index (χ0) is 40.9. The van der Waals surface area contributed by atoms with E-state index in [1.165, 1.54) is 81.4 Å². The number of hydrogen-bond acceptors (Lipinski definition) is 2. The Labute approximate surface area is 359 Å². The standard InChI is InChI=1S/C58H52N2O/c1-3-40-35-45-33-39(2)34-46(36-40)58(45)54-32-31-50(38-57(54)61-51-15-5-4-6-16-51)59(49-30-25-41-13-7-8-14-44(41)37-49)47-26-21-42(22-27-47)43-23-28-48(29-24-43)60-55-19-11-9-17-52(55)53-18-10-12-20-56(53)60/h4-32,37-40,45-46,58H,3,33-36H2,1-2H3/t39-,40+,45+,46-,58?. The number of hydrogen-bond donors (Lipinski definition) is 0. The van der Waals surface area contributed by atoms with E-state index < -0.39 is 0 Å². The van der Waals surface area contributed by atoms with Gasteiger partial charge in [-0.3, -0.25) is 0 Å². The van der Waals surface area contributed by atoms with Gasteiger partial charge in [0.05, 0.1) is 11.0 Å². The van der Waals surface area contributed by atoms with Gasteiger partial charge in [0.15, 0.2) is 0 Å². The predicted octanol–water partition coefficient (Wildman–Crippen LogP) is 16.4. The summed E-state index contributed by atoms with van der Waals surface area (Å²) in [4.78, 5) is 2.40. The van der Waals surface area contributed by atoms with Gasteiger partial charge in [-0.05, 0) is 149 Å². The summed E-state index contributed by atoms with van der Waals surface area (Å²) in [5.41, 5.74) is 10.7. The molecule has 300 valence electrons. The second kappa shape index (κ2) is 15.8. The van der Waals surface area contributed by atoms with Gasteiger partial charge in [0, 0.05) is 39.6 Å². The summed E-state index contributed by atoms with van der Waals surface area (Å²) >= 11 is 0. The molecule has 1 aromatic heterocycles. The van der Waals surface area contributed by atoms with E-state index in [9.17, 15) is 0 Å². The van der Waals surface area contributed by atoms with Crippen molar-refractivity contribution < 1.29 is 4.74 Å². The van der Waals surface area contributed by atoms with E-state index in [2.05, 4.69) is 211 Å². The molecule has 11 rings (SSSR count). The van der Waals surface area contributed by atoms with Crippen LogP contribution in [-0.4, -0.2) is 4.57 Å². The lowest BCUT2D eigenvalue weighted by atomic mass is 9.57. The fourth-order valence-corrected chi connectivity index (χ4v) is 11.3. The Hall–Kier alpha value is -6.58. The minimum Gasteiger partial charge on any atom is -0.457 e. The Morgan fingerprint density at radius 3 is 1.75 bits per heavy atom. The van der Waals surface area contributed by atoms with E-state index in [-0.39, 0.29) is 0 Å². The number of aromatic nitrogens is 1. The second-order valence-electron chi connectivity index (χ2n) is 17.8. The number of benzene rings is 8. The molecule has 8 aromatic carbocycles. The van der Waals surface area contributed by atoms with Gasteiger partial charge < -0.3 is 14.2 Å². The fourth-order valence-electron chi connectivity index (χ4n) is 11.3. The number of para-hydroxylation sites is 3. The van der Waals surface area contributed by atoms with Gasteiger partial charge in [0.1, 0.15) is 11.5 Å². The molecule has 0 amide bonds. The SMILES string of the molecule is CC[C@@H]1C[C@H]2C[C@H](C)C[C@@H](C1)C2c1ccc(N(c2ccc(-c3ccc(-n4c5ccccc5c5ccccc54)cc3)cc2)c2ccc3ccccc3c2)cc1Oc1ccccc1. The van der Waals surface area contributed by atoms with Crippen molar-refractivity contribution in [2.24, 2.45) is 23.7 Å². The molecule has 0 saturated heterocycles. The van der Waals surface area contributed by atoms with Crippen molar-refractivity contribution in [3.63, 3.8) is 0 Å². The highest BCUT2D eigenvalue weighted by Crippen LogP contribution is 2.56. The van der Waals surface area contributed by atoms with E-state index in [4.69, 9.17) is 4.74 Å². The third kappa shape index (κ3) is 6.96. The van der Waals surface area contributed by atoms with Gasteiger partial charge in [-0.25, -0.2) is 0 Å². The average molecular weight is 793 g/mol. The summed E-state index contributed by atoms with van der Waals surface area (Å²) in [5.74, 6) is 5.38. The Kier molecular flexibility index (Phi) is 9.69. The van der Waals surface area contributed by atoms with Crippen LogP contribution in [0.4, 0.5) is 17.1 Å². The molecule has 3 nitrogen and oxygen atoms in total. The maximum absolute atomic E-state index is 6.97. The van der Waals surface area contributed by atoms with E-state index in [1.54, 1.807) is 0 Å². The molecule has 9 aromatic rings. The lowest BCUT2D eigenvalue weighted by Crippen LogP contribution is -2.37. The van der Waals surface area contributed by atoms with Crippen molar-refractivity contribution >= 4 is 49.6 Å². The van der Waals surface area contributed by atoms with E-state index >= 15 is 0 Å². The van der Waals surface area contributed by atoms with Crippen LogP contribution in [0.3, 0.4) is 0 Å². The first kappa shape index (κ1) is 37.4. The summed E-state index contributed by atoms with van der Waals surface area (Å²) in [6.45, 7) is 4.86. The smallest absolute Gasteiger partial charge is 0.133 e. The molecule has 2 aliphatic carbocycles. The summed E-state index contributed by atoms with van der Waals surface area (Å²) < 4.78 is 9.35. The van der Waals surface area contributed by atoms with E-state index in [0.717, 1.165) is 46.1 Å². The first-order valence-corrected chi connectivity index (χ1v) is 22.4. The summed E-state index contributed by atoms with van der Waals surface area (Å²) in [5, 5.41) is 5.01. The zero-order valence-corrected chi connectivity index (χ0v) is 35.1. The Morgan fingerprint density at radius 1 is 0.525 bits per heavy atom. The van der Waals surface area contributed by atoms with Gasteiger partial charge in [-0.15, -0.1) is 0 Å². The number of nitrogens with zero attached hydrogens (tertiary/aromatic N) is 2. The van der Waals surface area contributed by atoms with Gasteiger partial charge >= 0.3 is 0 Å². The van der Waals surface area contributed by atoms with Crippen LogP contribution < -0.4 is 9.64 Å². The minimum absolute atomic E-state index is 0.515. The molecule has 5 atom stereocenters. The van der Waals surface area contributed by atoms with Gasteiger partial charge in [0.25, 0.3) is 0 Å². The molecule has 3 heteroatoms. The fraction of sp³-hybridized carbons (Fsp3) is 0.207. The van der Waals surface area contributed by atoms with Crippen molar-refractivity contribution in [2.75, 3.05) is 4.90 Å². The predicted molar refractivity (Wildman–Crippen MR) is 256 cm³/mol. The highest BCUT2D eigenvalue weighted by atomic mass is 16.5. The first-order valence-electron chi connectivity index (χ1n) is 22.4. The highest BCUT2D eigenvalue weighted by molar-refractivity contribution is 6.09. The monoisotopic (exact) mass is 792 g/mol. The molecule has 2 saturated carbocycles. The molecule has 2 fully saturated rings. The molecular weight excluding hydrogens is 741 g/mol. The van der Waals surface area contributed by atoms with Gasteiger partial charge in [-0.1, -0.05) is 136 Å². The Bertz CT molecular complexity index is 2910. The van der Waals surface area contributed by atoms with Crippen molar-refractivity contribution in [3.8, 4) is 28.3 Å². The quantitative estimate of drug-likeness (QED) is 0.145. The summed E-state index contributed by atoms with van der Waals surface area (Å²) in [7, 11) is 0. The van der Waals surface area contributed by atoms with E-state index in [0.29, 0.717) is 17.8 Å². The molecule has 1 heterocycles. The number of rotatable bonds is 9. The van der Waals surface area contributed by atoms with Crippen LogP contribution >= 0.6 is 0 Å². The highest BCUT2D eigenvalue weighted by Gasteiger charge is 2.43. The van der Waals surface area contributed by atoms with Crippen LogP contribution in [0.15, 0.2) is 188 Å². The van der Waals surface area contributed by atoms with Gasteiger partial charge in [0.2, 0.25) is 0 Å². The van der Waals surface area contributed by atoms with Crippen LogP contribution in [0.25, 0.3) is 49.4 Å². The molecule has 0 spiro atoms. The normalized spacial score (nSPS) is 19.9. The molecular formula is C58H52N2O. The number of ether oxygens (including phenoxy) is 1. The Morgan fingerprint density at radius 2 is 1.08 bits per heavy atom. The molecule has 1 unspecified atom stereocenters. The lowest BCUT2D eigenvalue weighted by molar-refractivity contribution is 0.0708. The third-order valence-corrected chi connectivity index (χ3v) is 14.0. The van der Waals surface area contributed by atoms with Crippen LogP contribution in [0.1, 0.15) is 57.4 Å². The molecule has 0 N–H and O–H groups in total. The molecule has 2 aliphatic rings. The molecule has 2 bridgehead atoms. The van der Waals surface area contributed by atoms with Crippen LogP contribution in [0.5, 0.6) is 11.5 Å². The maximum atomic E-state index is 6.97. The first-order chi connectivity index (χ1) is 30.1. The molecule has 0 aliphatic heterocycles. The van der Waals surface area contributed by atoms with Crippen molar-refractivity contribution in [2.45, 2.75) is 51.9 Å². The van der Waals surface area contributed by atoms with Crippen LogP contribution in [0, 0.1) is 23.7 Å². The minimum atomic E-state index is 0.515. The molecule has 0 radical (unpaired) electrons. The second-order valence-corrected chi connectivity index (χ2v) is 17.8. The topological polar surface area (TPSA) is 17.4 Å². The van der Waals surface area contributed by atoms with Crippen molar-refractivity contribution in [1.82, 2.24) is 4.57 Å². The zero-order valence-electron chi connectivity index (χ0n) is 35.1. The molecule has 61 heavy (non-hydrogen) atoms. The van der Waals surface area contributed by atoms with Crippen molar-refractivity contribution in [1.29, 1.82) is 0 Å². The van der Waals surface area contributed by atoms with E-state index in [1.807, 2.05) is 0 Å². The summed E-state index contributed by atoms with van der Waals surface area (Å²) in [6.07, 6.45) is 6.55. The maximum Gasteiger partial charge on any atom is 0.133 e.